The van der Waals surface area contributed by atoms with Gasteiger partial charge in [-0.2, -0.15) is 0 Å². The lowest BCUT2D eigenvalue weighted by Crippen LogP contribution is -2.36. The maximum absolute atomic E-state index is 12.1. The summed E-state index contributed by atoms with van der Waals surface area (Å²) in [5.74, 6) is -0.764. The number of hydrogen-bond donors (Lipinski definition) is 2. The third kappa shape index (κ3) is 6.21. The van der Waals surface area contributed by atoms with Gasteiger partial charge in [0.15, 0.2) is 0 Å². The molecule has 8 nitrogen and oxygen atoms in total. The summed E-state index contributed by atoms with van der Waals surface area (Å²) in [7, 11) is 1.59. The maximum Gasteiger partial charge on any atom is 0.289 e. The number of rotatable bonds is 7. The second-order valence-electron chi connectivity index (χ2n) is 5.67. The molecule has 0 spiro atoms. The van der Waals surface area contributed by atoms with E-state index < -0.39 is 10.8 Å². The van der Waals surface area contributed by atoms with Crippen LogP contribution in [0.2, 0.25) is 10.0 Å². The number of benzene rings is 2. The highest BCUT2D eigenvalue weighted by atomic mass is 35.5. The molecule has 142 valence electrons. The summed E-state index contributed by atoms with van der Waals surface area (Å²) in [6.07, 6.45) is 0. The van der Waals surface area contributed by atoms with E-state index in [0.29, 0.717) is 10.7 Å². The van der Waals surface area contributed by atoms with E-state index in [1.54, 1.807) is 31.3 Å². The van der Waals surface area contributed by atoms with Crippen LogP contribution in [-0.2, 0) is 9.59 Å². The van der Waals surface area contributed by atoms with Crippen LogP contribution in [0.5, 0.6) is 0 Å². The van der Waals surface area contributed by atoms with Crippen molar-refractivity contribution < 1.29 is 14.5 Å². The van der Waals surface area contributed by atoms with Crippen LogP contribution < -0.4 is 10.6 Å². The van der Waals surface area contributed by atoms with E-state index in [9.17, 15) is 19.7 Å². The third-order valence-corrected chi connectivity index (χ3v) is 4.05. The molecule has 2 aromatic carbocycles. The van der Waals surface area contributed by atoms with Gasteiger partial charge in [-0.3, -0.25) is 24.6 Å². The summed E-state index contributed by atoms with van der Waals surface area (Å²) in [5, 5.41) is 16.5. The van der Waals surface area contributed by atoms with Crippen molar-refractivity contribution in [3.63, 3.8) is 0 Å². The molecule has 0 saturated heterocycles. The van der Waals surface area contributed by atoms with Crippen LogP contribution in [0, 0.1) is 10.1 Å². The van der Waals surface area contributed by atoms with Gasteiger partial charge in [-0.05, 0) is 31.3 Å². The quantitative estimate of drug-likeness (QED) is 0.537. The Morgan fingerprint density at radius 3 is 2.30 bits per heavy atom. The van der Waals surface area contributed by atoms with Crippen LogP contribution in [0.15, 0.2) is 42.5 Å². The smallest absolute Gasteiger partial charge is 0.289 e. The molecular weight excluding hydrogens is 395 g/mol. The fourth-order valence-corrected chi connectivity index (χ4v) is 2.60. The Morgan fingerprint density at radius 2 is 1.67 bits per heavy atom. The lowest BCUT2D eigenvalue weighted by atomic mass is 10.2. The molecular formula is C17H16Cl2N4O4. The van der Waals surface area contributed by atoms with Crippen LogP contribution in [0.4, 0.5) is 17.1 Å². The lowest BCUT2D eigenvalue weighted by molar-refractivity contribution is -0.384. The van der Waals surface area contributed by atoms with Crippen LogP contribution >= 0.6 is 23.2 Å². The fourth-order valence-electron chi connectivity index (χ4n) is 2.23. The highest BCUT2D eigenvalue weighted by Crippen LogP contribution is 2.27. The predicted octanol–water partition coefficient (Wildman–Crippen LogP) is 3.41. The molecule has 0 aromatic heterocycles. The fraction of sp³-hybridized carbons (Fsp3) is 0.176. The summed E-state index contributed by atoms with van der Waals surface area (Å²) < 4.78 is 0. The standard InChI is InChI=1S/C17H16Cl2N4O4/c1-22(10-17(25)21-14-5-3-2-4-12(14)18)9-16(24)20-11-6-7-13(19)15(8-11)23(26)27/h2-8H,9-10H2,1H3,(H,20,24)(H,21,25). The number of nitrogens with zero attached hydrogens (tertiary/aromatic N) is 2. The van der Waals surface area contributed by atoms with E-state index in [2.05, 4.69) is 10.6 Å². The molecule has 0 heterocycles. The Hall–Kier alpha value is -2.68. The molecule has 0 bridgehead atoms. The molecule has 0 aliphatic carbocycles. The topological polar surface area (TPSA) is 105 Å². The van der Waals surface area contributed by atoms with E-state index in [1.165, 1.54) is 23.1 Å². The largest absolute Gasteiger partial charge is 0.325 e. The number of carbonyl (C=O) groups excluding carboxylic acids is 2. The zero-order valence-electron chi connectivity index (χ0n) is 14.2. The van der Waals surface area contributed by atoms with Gasteiger partial charge in [-0.25, -0.2) is 0 Å². The van der Waals surface area contributed by atoms with E-state index in [4.69, 9.17) is 23.2 Å². The summed E-state index contributed by atoms with van der Waals surface area (Å²) in [5.41, 5.74) is 0.419. The molecule has 0 aliphatic heterocycles. The van der Waals surface area contributed by atoms with Gasteiger partial charge in [-0.15, -0.1) is 0 Å². The number of likely N-dealkylation sites (N-methyl/N-ethyl adjacent to an activating group) is 1. The first-order valence-corrected chi connectivity index (χ1v) is 8.48. The van der Waals surface area contributed by atoms with Crippen molar-refractivity contribution in [3.05, 3.63) is 62.6 Å². The Labute approximate surface area is 165 Å². The molecule has 2 rings (SSSR count). The van der Waals surface area contributed by atoms with Gasteiger partial charge in [0.1, 0.15) is 5.02 Å². The Bertz CT molecular complexity index is 876. The summed E-state index contributed by atoms with van der Waals surface area (Å²) in [6.45, 7) is -0.133. The molecule has 0 saturated carbocycles. The molecule has 27 heavy (non-hydrogen) atoms. The van der Waals surface area contributed by atoms with Crippen molar-refractivity contribution in [1.82, 2.24) is 4.90 Å². The summed E-state index contributed by atoms with van der Waals surface area (Å²) >= 11 is 11.7. The van der Waals surface area contributed by atoms with Crippen molar-refractivity contribution in [1.29, 1.82) is 0 Å². The molecule has 0 fully saturated rings. The second-order valence-corrected chi connectivity index (χ2v) is 6.49. The number of nitro groups is 1. The third-order valence-electron chi connectivity index (χ3n) is 3.40. The average molecular weight is 411 g/mol. The number of anilines is 2. The first-order valence-electron chi connectivity index (χ1n) is 7.73. The molecule has 0 radical (unpaired) electrons. The van der Waals surface area contributed by atoms with Gasteiger partial charge in [0.2, 0.25) is 11.8 Å². The zero-order valence-corrected chi connectivity index (χ0v) is 15.8. The monoisotopic (exact) mass is 410 g/mol. The molecule has 2 amide bonds. The van der Waals surface area contributed by atoms with Gasteiger partial charge in [-0.1, -0.05) is 35.3 Å². The number of hydrogen-bond acceptors (Lipinski definition) is 5. The van der Waals surface area contributed by atoms with Gasteiger partial charge >= 0.3 is 0 Å². The van der Waals surface area contributed by atoms with Crippen molar-refractivity contribution in [3.8, 4) is 0 Å². The molecule has 0 unspecified atom stereocenters. The number of nitro benzene ring substituents is 1. The molecule has 2 aromatic rings. The van der Waals surface area contributed by atoms with E-state index in [1.807, 2.05) is 0 Å². The normalized spacial score (nSPS) is 10.5. The minimum absolute atomic E-state index is 0.0219. The van der Waals surface area contributed by atoms with Crippen LogP contribution in [0.3, 0.4) is 0 Å². The molecule has 10 heteroatoms. The van der Waals surface area contributed by atoms with Gasteiger partial charge in [0, 0.05) is 11.8 Å². The lowest BCUT2D eigenvalue weighted by Gasteiger charge is -2.16. The molecule has 2 N–H and O–H groups in total. The highest BCUT2D eigenvalue weighted by Gasteiger charge is 2.15. The minimum Gasteiger partial charge on any atom is -0.325 e. The van der Waals surface area contributed by atoms with Crippen molar-refractivity contribution >= 4 is 52.1 Å². The Morgan fingerprint density at radius 1 is 1.04 bits per heavy atom. The van der Waals surface area contributed by atoms with Crippen molar-refractivity contribution in [2.45, 2.75) is 0 Å². The second kappa shape index (κ2) is 9.31. The average Bonchev–Trinajstić information content (AvgIpc) is 2.58. The molecule has 0 aliphatic rings. The number of carbonyl (C=O) groups is 2. The van der Waals surface area contributed by atoms with Crippen LogP contribution in [-0.4, -0.2) is 41.8 Å². The predicted molar refractivity (Wildman–Crippen MR) is 104 cm³/mol. The SMILES string of the molecule is CN(CC(=O)Nc1ccc(Cl)c([N+](=O)[O-])c1)CC(=O)Nc1ccccc1Cl. The summed E-state index contributed by atoms with van der Waals surface area (Å²) in [6, 6.07) is 10.8. The van der Waals surface area contributed by atoms with E-state index >= 15 is 0 Å². The van der Waals surface area contributed by atoms with Crippen LogP contribution in [0.1, 0.15) is 0 Å². The van der Waals surface area contributed by atoms with Crippen LogP contribution in [0.25, 0.3) is 0 Å². The maximum atomic E-state index is 12.1. The first-order chi connectivity index (χ1) is 12.8. The van der Waals surface area contributed by atoms with E-state index in [0.717, 1.165) is 0 Å². The van der Waals surface area contributed by atoms with Gasteiger partial charge in [0.25, 0.3) is 5.69 Å². The summed E-state index contributed by atoms with van der Waals surface area (Å²) in [4.78, 5) is 35.8. The number of halogens is 2. The number of amides is 2. The molecule has 0 atom stereocenters. The number of nitrogens with one attached hydrogen (secondary N) is 2. The van der Waals surface area contributed by atoms with E-state index in [-0.39, 0.29) is 35.4 Å². The Kier molecular flexibility index (Phi) is 7.12. The highest BCUT2D eigenvalue weighted by molar-refractivity contribution is 6.33. The van der Waals surface area contributed by atoms with Gasteiger partial charge in [0.05, 0.1) is 28.7 Å². The minimum atomic E-state index is -0.636. The van der Waals surface area contributed by atoms with Crippen molar-refractivity contribution in [2.24, 2.45) is 0 Å². The van der Waals surface area contributed by atoms with Crippen molar-refractivity contribution in [2.75, 3.05) is 30.8 Å². The Balaban J connectivity index is 1.88. The number of para-hydroxylation sites is 1. The van der Waals surface area contributed by atoms with Gasteiger partial charge < -0.3 is 10.6 Å². The first kappa shape index (κ1) is 20.6. The zero-order chi connectivity index (χ0) is 20.0.